The molecule has 4 nitrogen and oxygen atoms in total. The summed E-state index contributed by atoms with van der Waals surface area (Å²) >= 11 is 12.0. The molecule has 2 amide bonds. The zero-order valence-electron chi connectivity index (χ0n) is 17.2. The molecular weight excluding hydrogens is 431 g/mol. The summed E-state index contributed by atoms with van der Waals surface area (Å²) < 4.78 is 0. The van der Waals surface area contributed by atoms with Crippen molar-refractivity contribution in [2.75, 3.05) is 7.05 Å². The number of hydrogen-bond donors (Lipinski definition) is 1. The summed E-state index contributed by atoms with van der Waals surface area (Å²) in [5.41, 5.74) is 2.72. The first-order valence-corrected chi connectivity index (χ1v) is 10.8. The van der Waals surface area contributed by atoms with Gasteiger partial charge in [-0.05, 0) is 41.0 Å². The molecule has 0 aliphatic heterocycles. The molecule has 0 radical (unpaired) electrons. The highest BCUT2D eigenvalue weighted by Crippen LogP contribution is 2.18. The Kier molecular flexibility index (Phi) is 8.10. The second kappa shape index (κ2) is 11.0. The predicted octanol–water partition coefficient (Wildman–Crippen LogP) is 4.92. The maximum Gasteiger partial charge on any atom is 0.242 e. The zero-order valence-corrected chi connectivity index (χ0v) is 18.7. The molecule has 0 saturated carbocycles. The Morgan fingerprint density at radius 2 is 1.35 bits per heavy atom. The average Bonchev–Trinajstić information content (AvgIpc) is 2.79. The van der Waals surface area contributed by atoms with Crippen LogP contribution in [0.15, 0.2) is 78.9 Å². The van der Waals surface area contributed by atoms with Crippen LogP contribution in [-0.4, -0.2) is 29.8 Å². The highest BCUT2D eigenvalue weighted by molar-refractivity contribution is 6.30. The van der Waals surface area contributed by atoms with Crippen molar-refractivity contribution in [1.82, 2.24) is 10.2 Å². The van der Waals surface area contributed by atoms with Gasteiger partial charge >= 0.3 is 0 Å². The van der Waals surface area contributed by atoms with E-state index in [0.29, 0.717) is 23.0 Å². The van der Waals surface area contributed by atoms with Gasteiger partial charge in [0.15, 0.2) is 0 Å². The van der Waals surface area contributed by atoms with E-state index in [0.717, 1.165) is 16.7 Å². The van der Waals surface area contributed by atoms with Gasteiger partial charge in [-0.2, -0.15) is 0 Å². The van der Waals surface area contributed by atoms with Crippen molar-refractivity contribution in [3.63, 3.8) is 0 Å². The van der Waals surface area contributed by atoms with Crippen LogP contribution < -0.4 is 5.32 Å². The Bertz CT molecular complexity index is 1010. The van der Waals surface area contributed by atoms with Crippen LogP contribution in [0.4, 0.5) is 0 Å². The standard InChI is InChI=1S/C25H24Cl2N2O2/c1-28-25(31)23(15-18-5-3-2-4-6-18)29(17-20-9-13-22(27)14-10-20)24(30)16-19-7-11-21(26)12-8-19/h2-14,23H,15-17H2,1H3,(H,28,31)/t23-/m0/s1. The summed E-state index contributed by atoms with van der Waals surface area (Å²) in [6.07, 6.45) is 0.591. The molecule has 0 saturated heterocycles. The highest BCUT2D eigenvalue weighted by atomic mass is 35.5. The Hall–Kier alpha value is -2.82. The topological polar surface area (TPSA) is 49.4 Å². The van der Waals surface area contributed by atoms with Crippen molar-refractivity contribution >= 4 is 35.0 Å². The molecule has 31 heavy (non-hydrogen) atoms. The van der Waals surface area contributed by atoms with Gasteiger partial charge in [0.25, 0.3) is 0 Å². The van der Waals surface area contributed by atoms with E-state index in [1.165, 1.54) is 0 Å². The molecule has 3 aromatic rings. The summed E-state index contributed by atoms with van der Waals surface area (Å²) in [7, 11) is 1.59. The smallest absolute Gasteiger partial charge is 0.242 e. The van der Waals surface area contributed by atoms with Gasteiger partial charge in [0.05, 0.1) is 6.42 Å². The van der Waals surface area contributed by atoms with Gasteiger partial charge in [0.1, 0.15) is 6.04 Å². The maximum absolute atomic E-state index is 13.4. The fourth-order valence-electron chi connectivity index (χ4n) is 3.39. The van der Waals surface area contributed by atoms with E-state index in [4.69, 9.17) is 23.2 Å². The van der Waals surface area contributed by atoms with Gasteiger partial charge in [-0.25, -0.2) is 0 Å². The van der Waals surface area contributed by atoms with E-state index >= 15 is 0 Å². The molecule has 0 aliphatic carbocycles. The Morgan fingerprint density at radius 3 is 1.90 bits per heavy atom. The van der Waals surface area contributed by atoms with Crippen LogP contribution in [0.5, 0.6) is 0 Å². The van der Waals surface area contributed by atoms with Crippen molar-refractivity contribution in [2.45, 2.75) is 25.4 Å². The molecule has 0 bridgehead atoms. The molecule has 0 heterocycles. The third kappa shape index (κ3) is 6.58. The maximum atomic E-state index is 13.4. The second-order valence-electron chi connectivity index (χ2n) is 7.27. The van der Waals surface area contributed by atoms with Crippen LogP contribution in [0.2, 0.25) is 10.0 Å². The molecule has 160 valence electrons. The summed E-state index contributed by atoms with van der Waals surface area (Å²) in [6, 6.07) is 23.5. The Labute approximate surface area is 192 Å². The van der Waals surface area contributed by atoms with Gasteiger partial charge in [0, 0.05) is 30.1 Å². The number of likely N-dealkylation sites (N-methyl/N-ethyl adjacent to an activating group) is 1. The first-order chi connectivity index (χ1) is 15.0. The van der Waals surface area contributed by atoms with Crippen LogP contribution in [0, 0.1) is 0 Å². The van der Waals surface area contributed by atoms with Crippen LogP contribution in [-0.2, 0) is 29.0 Å². The zero-order chi connectivity index (χ0) is 22.2. The Morgan fingerprint density at radius 1 is 0.806 bits per heavy atom. The van der Waals surface area contributed by atoms with Crippen molar-refractivity contribution in [3.05, 3.63) is 106 Å². The predicted molar refractivity (Wildman–Crippen MR) is 125 cm³/mol. The van der Waals surface area contributed by atoms with E-state index in [-0.39, 0.29) is 18.2 Å². The average molecular weight is 455 g/mol. The number of carbonyl (C=O) groups is 2. The Balaban J connectivity index is 1.92. The SMILES string of the molecule is CNC(=O)[C@H](Cc1ccccc1)N(Cc1ccc(Cl)cc1)C(=O)Cc1ccc(Cl)cc1. The number of amides is 2. The monoisotopic (exact) mass is 454 g/mol. The molecule has 3 rings (SSSR count). The van der Waals surface area contributed by atoms with Gasteiger partial charge < -0.3 is 10.2 Å². The van der Waals surface area contributed by atoms with Crippen molar-refractivity contribution in [3.8, 4) is 0 Å². The number of benzene rings is 3. The minimum atomic E-state index is -0.650. The van der Waals surface area contributed by atoms with Crippen LogP contribution >= 0.6 is 23.2 Å². The van der Waals surface area contributed by atoms with Crippen LogP contribution in [0.1, 0.15) is 16.7 Å². The van der Waals surface area contributed by atoms with E-state index in [2.05, 4.69) is 5.32 Å². The molecule has 0 aromatic heterocycles. The lowest BCUT2D eigenvalue weighted by Crippen LogP contribution is -2.50. The fraction of sp³-hybridized carbons (Fsp3) is 0.200. The number of hydrogen-bond acceptors (Lipinski definition) is 2. The lowest BCUT2D eigenvalue weighted by molar-refractivity contribution is -0.140. The summed E-state index contributed by atoms with van der Waals surface area (Å²) in [4.78, 5) is 27.9. The van der Waals surface area contributed by atoms with Gasteiger partial charge in [-0.3, -0.25) is 9.59 Å². The summed E-state index contributed by atoms with van der Waals surface area (Å²) in [5, 5.41) is 3.95. The van der Waals surface area contributed by atoms with Gasteiger partial charge in [-0.15, -0.1) is 0 Å². The fourth-order valence-corrected chi connectivity index (χ4v) is 3.64. The molecule has 6 heteroatoms. The number of halogens is 2. The summed E-state index contributed by atoms with van der Waals surface area (Å²) in [6.45, 7) is 0.300. The minimum absolute atomic E-state index is 0.137. The van der Waals surface area contributed by atoms with Crippen LogP contribution in [0.25, 0.3) is 0 Å². The molecule has 0 aliphatic rings. The molecule has 3 aromatic carbocycles. The van der Waals surface area contributed by atoms with E-state index < -0.39 is 6.04 Å². The number of rotatable bonds is 8. The highest BCUT2D eigenvalue weighted by Gasteiger charge is 2.29. The summed E-state index contributed by atoms with van der Waals surface area (Å²) in [5.74, 6) is -0.343. The first kappa shape index (κ1) is 22.9. The largest absolute Gasteiger partial charge is 0.357 e. The van der Waals surface area contributed by atoms with Crippen molar-refractivity contribution < 1.29 is 9.59 Å². The number of nitrogens with zero attached hydrogens (tertiary/aromatic N) is 1. The quantitative estimate of drug-likeness (QED) is 0.524. The third-order valence-corrected chi connectivity index (χ3v) is 5.56. The van der Waals surface area contributed by atoms with Gasteiger partial charge in [0.2, 0.25) is 11.8 Å². The molecule has 0 fully saturated rings. The van der Waals surface area contributed by atoms with E-state index in [1.807, 2.05) is 54.6 Å². The third-order valence-electron chi connectivity index (χ3n) is 5.05. The lowest BCUT2D eigenvalue weighted by Gasteiger charge is -2.31. The molecule has 0 unspecified atom stereocenters. The first-order valence-electron chi connectivity index (χ1n) is 10.00. The van der Waals surface area contributed by atoms with E-state index in [1.54, 1.807) is 36.2 Å². The normalized spacial score (nSPS) is 11.6. The lowest BCUT2D eigenvalue weighted by atomic mass is 10.0. The second-order valence-corrected chi connectivity index (χ2v) is 8.14. The minimum Gasteiger partial charge on any atom is -0.357 e. The van der Waals surface area contributed by atoms with Gasteiger partial charge in [-0.1, -0.05) is 77.8 Å². The van der Waals surface area contributed by atoms with Crippen LogP contribution in [0.3, 0.4) is 0 Å². The number of carbonyl (C=O) groups excluding carboxylic acids is 2. The molecule has 1 atom stereocenters. The van der Waals surface area contributed by atoms with Crippen molar-refractivity contribution in [1.29, 1.82) is 0 Å². The molecule has 0 spiro atoms. The molecule has 1 N–H and O–H groups in total. The van der Waals surface area contributed by atoms with E-state index in [9.17, 15) is 9.59 Å². The van der Waals surface area contributed by atoms with Crippen molar-refractivity contribution in [2.24, 2.45) is 0 Å². The number of nitrogens with one attached hydrogen (secondary N) is 1. The molecular formula is C25H24Cl2N2O2.